The molecule has 140 valence electrons. The van der Waals surface area contributed by atoms with Gasteiger partial charge in [-0.2, -0.15) is 4.31 Å². The Labute approximate surface area is 154 Å². The molecular formula is C19H23NO5S. The number of ether oxygens (including phenoxy) is 2. The average molecular weight is 377 g/mol. The van der Waals surface area contributed by atoms with Gasteiger partial charge in [-0.1, -0.05) is 26.0 Å². The molecule has 0 saturated carbocycles. The Morgan fingerprint density at radius 1 is 0.962 bits per heavy atom. The molecule has 0 saturated heterocycles. The van der Waals surface area contributed by atoms with Crippen LogP contribution in [0.3, 0.4) is 0 Å². The molecule has 2 rings (SSSR count). The molecule has 0 amide bonds. The zero-order valence-corrected chi connectivity index (χ0v) is 16.0. The quantitative estimate of drug-likeness (QED) is 0.661. The van der Waals surface area contributed by atoms with Crippen LogP contribution in [0.2, 0.25) is 0 Å². The minimum Gasteiger partial charge on any atom is -0.497 e. The number of benzene rings is 2. The lowest BCUT2D eigenvalue weighted by atomic mass is 10.2. The maximum absolute atomic E-state index is 12.4. The van der Waals surface area contributed by atoms with E-state index in [2.05, 4.69) is 0 Å². The van der Waals surface area contributed by atoms with Gasteiger partial charge in [-0.15, -0.1) is 0 Å². The lowest BCUT2D eigenvalue weighted by Gasteiger charge is -2.18. The summed E-state index contributed by atoms with van der Waals surface area (Å²) in [6.07, 6.45) is 0. The molecule has 0 unspecified atom stereocenters. The van der Waals surface area contributed by atoms with Gasteiger partial charge >= 0.3 is 5.97 Å². The lowest BCUT2D eigenvalue weighted by molar-refractivity contribution is 0.0472. The Morgan fingerprint density at radius 3 is 2.04 bits per heavy atom. The number of sulfonamides is 1. The fourth-order valence-corrected chi connectivity index (χ4v) is 3.89. The van der Waals surface area contributed by atoms with Crippen molar-refractivity contribution in [3.8, 4) is 5.75 Å². The molecule has 0 atom stereocenters. The van der Waals surface area contributed by atoms with Crippen LogP contribution in [0.4, 0.5) is 0 Å². The second-order valence-corrected chi connectivity index (χ2v) is 7.48. The number of nitrogens with zero attached hydrogens (tertiary/aromatic N) is 1. The van der Waals surface area contributed by atoms with Gasteiger partial charge in [0.1, 0.15) is 12.4 Å². The Kier molecular flexibility index (Phi) is 6.76. The lowest BCUT2D eigenvalue weighted by Crippen LogP contribution is -2.30. The van der Waals surface area contributed by atoms with Gasteiger partial charge < -0.3 is 9.47 Å². The summed E-state index contributed by atoms with van der Waals surface area (Å²) < 4.78 is 36.6. The van der Waals surface area contributed by atoms with E-state index in [0.717, 1.165) is 11.3 Å². The van der Waals surface area contributed by atoms with Crippen LogP contribution in [0.15, 0.2) is 53.4 Å². The number of esters is 1. The summed E-state index contributed by atoms with van der Waals surface area (Å²) in [4.78, 5) is 12.3. The third-order valence-corrected chi connectivity index (χ3v) is 6.03. The standard InChI is InChI=1S/C19H23NO5S/c1-4-20(5-2)26(22,23)18-12-8-16(9-13-18)19(21)25-14-15-6-10-17(24-3)11-7-15/h6-13H,4-5,14H2,1-3H3. The van der Waals surface area contributed by atoms with Crippen molar-refractivity contribution < 1.29 is 22.7 Å². The van der Waals surface area contributed by atoms with Gasteiger partial charge in [0, 0.05) is 13.1 Å². The molecule has 0 heterocycles. The van der Waals surface area contributed by atoms with Gasteiger partial charge in [0.15, 0.2) is 0 Å². The van der Waals surface area contributed by atoms with Crippen LogP contribution in [0.5, 0.6) is 5.75 Å². The molecule has 0 fully saturated rings. The number of methoxy groups -OCH3 is 1. The molecule has 0 aliphatic carbocycles. The van der Waals surface area contributed by atoms with Crippen LogP contribution >= 0.6 is 0 Å². The van der Waals surface area contributed by atoms with Gasteiger partial charge in [0.05, 0.1) is 17.6 Å². The molecule has 0 bridgehead atoms. The van der Waals surface area contributed by atoms with Crippen molar-refractivity contribution in [1.82, 2.24) is 4.31 Å². The highest BCUT2D eigenvalue weighted by molar-refractivity contribution is 7.89. The van der Waals surface area contributed by atoms with Crippen molar-refractivity contribution in [3.05, 3.63) is 59.7 Å². The number of hydrogen-bond donors (Lipinski definition) is 0. The summed E-state index contributed by atoms with van der Waals surface area (Å²) >= 11 is 0. The molecule has 0 aliphatic rings. The maximum atomic E-state index is 12.4. The fraction of sp³-hybridized carbons (Fsp3) is 0.316. The van der Waals surface area contributed by atoms with E-state index in [1.807, 2.05) is 12.1 Å². The fourth-order valence-electron chi connectivity index (χ4n) is 2.43. The van der Waals surface area contributed by atoms with E-state index in [1.54, 1.807) is 33.1 Å². The van der Waals surface area contributed by atoms with E-state index in [-0.39, 0.29) is 11.5 Å². The summed E-state index contributed by atoms with van der Waals surface area (Å²) in [5.74, 6) is 0.220. The summed E-state index contributed by atoms with van der Waals surface area (Å²) in [5.41, 5.74) is 1.14. The Balaban J connectivity index is 2.04. The van der Waals surface area contributed by atoms with E-state index in [0.29, 0.717) is 18.7 Å². The van der Waals surface area contributed by atoms with E-state index < -0.39 is 16.0 Å². The molecule has 2 aromatic carbocycles. The number of rotatable bonds is 8. The molecule has 0 aliphatic heterocycles. The van der Waals surface area contributed by atoms with Crippen molar-refractivity contribution in [3.63, 3.8) is 0 Å². The first-order valence-electron chi connectivity index (χ1n) is 8.32. The molecule has 0 radical (unpaired) electrons. The Hall–Kier alpha value is -2.38. The van der Waals surface area contributed by atoms with Crippen LogP contribution in [0, 0.1) is 0 Å². The minimum atomic E-state index is -3.54. The van der Waals surface area contributed by atoms with Gasteiger partial charge in [0.2, 0.25) is 10.0 Å². The predicted octanol–water partition coefficient (Wildman–Crippen LogP) is 3.08. The second-order valence-electron chi connectivity index (χ2n) is 5.54. The van der Waals surface area contributed by atoms with Crippen LogP contribution in [-0.4, -0.2) is 38.9 Å². The van der Waals surface area contributed by atoms with Gasteiger partial charge in [-0.3, -0.25) is 0 Å². The van der Waals surface area contributed by atoms with Crippen molar-refractivity contribution in [2.24, 2.45) is 0 Å². The molecule has 26 heavy (non-hydrogen) atoms. The van der Waals surface area contributed by atoms with Crippen molar-refractivity contribution >= 4 is 16.0 Å². The van der Waals surface area contributed by atoms with E-state index in [9.17, 15) is 13.2 Å². The highest BCUT2D eigenvalue weighted by Crippen LogP contribution is 2.17. The van der Waals surface area contributed by atoms with Crippen LogP contribution in [0.25, 0.3) is 0 Å². The first-order valence-corrected chi connectivity index (χ1v) is 9.76. The smallest absolute Gasteiger partial charge is 0.338 e. The minimum absolute atomic E-state index is 0.127. The maximum Gasteiger partial charge on any atom is 0.338 e. The molecular weight excluding hydrogens is 354 g/mol. The Bertz CT molecular complexity index is 825. The topological polar surface area (TPSA) is 72.9 Å². The highest BCUT2D eigenvalue weighted by atomic mass is 32.2. The van der Waals surface area contributed by atoms with Crippen LogP contribution < -0.4 is 4.74 Å². The Morgan fingerprint density at radius 2 is 1.54 bits per heavy atom. The number of carbonyl (C=O) groups excluding carboxylic acids is 1. The number of hydrogen-bond acceptors (Lipinski definition) is 5. The second kappa shape index (κ2) is 8.82. The van der Waals surface area contributed by atoms with E-state index >= 15 is 0 Å². The normalized spacial score (nSPS) is 11.4. The predicted molar refractivity (Wildman–Crippen MR) is 98.7 cm³/mol. The number of carbonyl (C=O) groups is 1. The van der Waals surface area contributed by atoms with Crippen LogP contribution in [-0.2, 0) is 21.4 Å². The molecule has 0 aromatic heterocycles. The highest BCUT2D eigenvalue weighted by Gasteiger charge is 2.21. The zero-order chi connectivity index (χ0) is 19.2. The first-order chi connectivity index (χ1) is 12.4. The van der Waals surface area contributed by atoms with Gasteiger partial charge in [-0.25, -0.2) is 13.2 Å². The van der Waals surface area contributed by atoms with E-state index in [1.165, 1.54) is 28.6 Å². The monoisotopic (exact) mass is 377 g/mol. The third-order valence-electron chi connectivity index (χ3n) is 3.96. The van der Waals surface area contributed by atoms with E-state index in [4.69, 9.17) is 9.47 Å². The molecule has 6 nitrogen and oxygen atoms in total. The summed E-state index contributed by atoms with van der Waals surface area (Å²) in [5, 5.41) is 0. The van der Waals surface area contributed by atoms with Crippen molar-refractivity contribution in [2.75, 3.05) is 20.2 Å². The molecule has 7 heteroatoms. The molecule has 0 N–H and O–H groups in total. The summed E-state index contributed by atoms with van der Waals surface area (Å²) in [7, 11) is -1.95. The van der Waals surface area contributed by atoms with Gasteiger partial charge in [-0.05, 0) is 42.0 Å². The zero-order valence-electron chi connectivity index (χ0n) is 15.1. The van der Waals surface area contributed by atoms with Crippen molar-refractivity contribution in [2.45, 2.75) is 25.3 Å². The summed E-state index contributed by atoms with van der Waals surface area (Å²) in [6, 6.07) is 13.0. The SMILES string of the molecule is CCN(CC)S(=O)(=O)c1ccc(C(=O)OCc2ccc(OC)cc2)cc1. The largest absolute Gasteiger partial charge is 0.497 e. The van der Waals surface area contributed by atoms with Crippen LogP contribution in [0.1, 0.15) is 29.8 Å². The first kappa shape index (κ1) is 19.9. The average Bonchev–Trinajstić information content (AvgIpc) is 2.67. The van der Waals surface area contributed by atoms with Gasteiger partial charge in [0.25, 0.3) is 0 Å². The molecule has 2 aromatic rings. The molecule has 0 spiro atoms. The third kappa shape index (κ3) is 4.62. The van der Waals surface area contributed by atoms with Crippen molar-refractivity contribution in [1.29, 1.82) is 0 Å². The summed E-state index contributed by atoms with van der Waals surface area (Å²) in [6.45, 7) is 4.48.